The Morgan fingerprint density at radius 1 is 1.21 bits per heavy atom. The molecular formula is C12H19F2N5. The van der Waals surface area contributed by atoms with E-state index in [-0.39, 0.29) is 23.7 Å². The fraction of sp³-hybridized carbons (Fsp3) is 0.583. The number of hydrogen-bond acceptors (Lipinski definition) is 5. The van der Waals surface area contributed by atoms with E-state index in [2.05, 4.69) is 29.7 Å². The summed E-state index contributed by atoms with van der Waals surface area (Å²) < 4.78 is 27.0. The quantitative estimate of drug-likeness (QED) is 0.581. The summed E-state index contributed by atoms with van der Waals surface area (Å²) in [6, 6.07) is 1.30. The van der Waals surface area contributed by atoms with Crippen molar-refractivity contribution >= 4 is 11.6 Å². The van der Waals surface area contributed by atoms with E-state index in [1.165, 1.54) is 0 Å². The Morgan fingerprint density at radius 2 is 1.79 bits per heavy atom. The van der Waals surface area contributed by atoms with Crippen molar-refractivity contribution in [1.82, 2.24) is 9.99 Å². The van der Waals surface area contributed by atoms with Crippen LogP contribution in [0.2, 0.25) is 0 Å². The molecule has 1 fully saturated rings. The average Bonchev–Trinajstić information content (AvgIpc) is 2.36. The van der Waals surface area contributed by atoms with Crippen molar-refractivity contribution in [2.45, 2.75) is 45.2 Å². The van der Waals surface area contributed by atoms with E-state index in [9.17, 15) is 8.78 Å². The van der Waals surface area contributed by atoms with Crippen LogP contribution in [-0.2, 0) is 0 Å². The van der Waals surface area contributed by atoms with Gasteiger partial charge in [0.15, 0.2) is 23.3 Å². The summed E-state index contributed by atoms with van der Waals surface area (Å²) in [5, 5.41) is 1.95. The SMILES string of the molecule is CC1CCCC(C)N1Nc1nc(NN)c(F)cc1F. The van der Waals surface area contributed by atoms with Gasteiger partial charge in [0, 0.05) is 18.2 Å². The highest BCUT2D eigenvalue weighted by atomic mass is 19.1. The van der Waals surface area contributed by atoms with E-state index >= 15 is 0 Å². The molecule has 0 bridgehead atoms. The molecule has 19 heavy (non-hydrogen) atoms. The largest absolute Gasteiger partial charge is 0.306 e. The molecule has 1 saturated heterocycles. The first kappa shape index (κ1) is 14.0. The maximum absolute atomic E-state index is 13.7. The number of nitrogen functional groups attached to an aromatic ring is 1. The summed E-state index contributed by atoms with van der Waals surface area (Å²) in [4.78, 5) is 3.81. The number of pyridine rings is 1. The predicted octanol–water partition coefficient (Wildman–Crippen LogP) is 2.24. The number of nitrogens with zero attached hydrogens (tertiary/aromatic N) is 2. The third kappa shape index (κ3) is 2.93. The zero-order valence-electron chi connectivity index (χ0n) is 11.1. The molecule has 2 rings (SSSR count). The molecule has 0 aliphatic carbocycles. The van der Waals surface area contributed by atoms with Crippen molar-refractivity contribution in [3.8, 4) is 0 Å². The van der Waals surface area contributed by atoms with Gasteiger partial charge in [-0.25, -0.2) is 24.6 Å². The molecule has 2 atom stereocenters. The summed E-state index contributed by atoms with van der Waals surface area (Å²) in [5.41, 5.74) is 5.05. The Kier molecular flexibility index (Phi) is 4.16. The van der Waals surface area contributed by atoms with E-state index in [0.717, 1.165) is 25.3 Å². The van der Waals surface area contributed by atoms with Crippen LogP contribution in [0.25, 0.3) is 0 Å². The molecule has 7 heteroatoms. The molecule has 0 spiro atoms. The molecule has 1 aromatic rings. The summed E-state index contributed by atoms with van der Waals surface area (Å²) in [7, 11) is 0. The molecule has 5 nitrogen and oxygen atoms in total. The lowest BCUT2D eigenvalue weighted by Gasteiger charge is -2.39. The minimum Gasteiger partial charge on any atom is -0.306 e. The molecule has 1 aliphatic heterocycles. The van der Waals surface area contributed by atoms with E-state index in [1.54, 1.807) is 0 Å². The number of nitrogens with two attached hydrogens (primary N) is 1. The van der Waals surface area contributed by atoms with E-state index in [1.807, 2.05) is 5.01 Å². The standard InChI is InChI=1S/C12H19F2N5/c1-7-4-3-5-8(2)19(7)18-12-10(14)6-9(13)11(16-12)17-15/h6-8H,3-5,15H2,1-2H3,(H2,16,17,18). The van der Waals surface area contributed by atoms with Crippen LogP contribution in [0.1, 0.15) is 33.1 Å². The summed E-state index contributed by atoms with van der Waals surface area (Å²) in [5.74, 6) is 3.39. The van der Waals surface area contributed by atoms with Gasteiger partial charge in [-0.05, 0) is 26.7 Å². The van der Waals surface area contributed by atoms with Gasteiger partial charge < -0.3 is 10.9 Å². The molecule has 2 unspecified atom stereocenters. The van der Waals surface area contributed by atoms with Crippen LogP contribution in [0.5, 0.6) is 0 Å². The van der Waals surface area contributed by atoms with Crippen molar-refractivity contribution in [3.63, 3.8) is 0 Å². The van der Waals surface area contributed by atoms with Crippen molar-refractivity contribution in [2.75, 3.05) is 10.9 Å². The fourth-order valence-electron chi connectivity index (χ4n) is 2.41. The molecular weight excluding hydrogens is 252 g/mol. The maximum Gasteiger partial charge on any atom is 0.179 e. The van der Waals surface area contributed by atoms with E-state index in [0.29, 0.717) is 0 Å². The van der Waals surface area contributed by atoms with Gasteiger partial charge in [0.1, 0.15) is 0 Å². The number of piperidine rings is 1. The molecule has 4 N–H and O–H groups in total. The highest BCUT2D eigenvalue weighted by Crippen LogP contribution is 2.25. The van der Waals surface area contributed by atoms with Crippen LogP contribution < -0.4 is 16.7 Å². The molecule has 1 aliphatic rings. The second-order valence-electron chi connectivity index (χ2n) is 4.94. The highest BCUT2D eigenvalue weighted by molar-refractivity contribution is 5.46. The van der Waals surface area contributed by atoms with Gasteiger partial charge in [-0.1, -0.05) is 6.42 Å². The Balaban J connectivity index is 2.22. The first-order valence-electron chi connectivity index (χ1n) is 6.40. The average molecular weight is 271 g/mol. The van der Waals surface area contributed by atoms with Gasteiger partial charge in [0.2, 0.25) is 0 Å². The predicted molar refractivity (Wildman–Crippen MR) is 70.2 cm³/mol. The van der Waals surface area contributed by atoms with Crippen LogP contribution in [0.15, 0.2) is 6.07 Å². The molecule has 0 amide bonds. The number of hydrazine groups is 2. The number of hydrogen-bond donors (Lipinski definition) is 3. The van der Waals surface area contributed by atoms with Crippen molar-refractivity contribution in [1.29, 1.82) is 0 Å². The van der Waals surface area contributed by atoms with Gasteiger partial charge >= 0.3 is 0 Å². The van der Waals surface area contributed by atoms with E-state index < -0.39 is 11.6 Å². The molecule has 0 saturated carbocycles. The summed E-state index contributed by atoms with van der Waals surface area (Å²) in [6.45, 7) is 4.12. The monoisotopic (exact) mass is 271 g/mol. The number of rotatable bonds is 3. The lowest BCUT2D eigenvalue weighted by atomic mass is 10.00. The Hall–Kier alpha value is -1.47. The first-order chi connectivity index (χ1) is 9.02. The number of halogens is 2. The highest BCUT2D eigenvalue weighted by Gasteiger charge is 2.26. The van der Waals surface area contributed by atoms with Crippen LogP contribution in [-0.4, -0.2) is 22.1 Å². The van der Waals surface area contributed by atoms with Gasteiger partial charge in [0.25, 0.3) is 0 Å². The topological polar surface area (TPSA) is 66.2 Å². The van der Waals surface area contributed by atoms with Gasteiger partial charge in [-0.15, -0.1) is 0 Å². The lowest BCUT2D eigenvalue weighted by Crippen LogP contribution is -2.47. The van der Waals surface area contributed by atoms with E-state index in [4.69, 9.17) is 5.84 Å². The molecule has 2 heterocycles. The Morgan fingerprint density at radius 3 is 2.37 bits per heavy atom. The maximum atomic E-state index is 13.7. The van der Waals surface area contributed by atoms with Gasteiger partial charge in [-0.2, -0.15) is 0 Å². The molecule has 0 radical (unpaired) electrons. The van der Waals surface area contributed by atoms with Crippen LogP contribution in [0.4, 0.5) is 20.4 Å². The third-order valence-electron chi connectivity index (χ3n) is 3.49. The second-order valence-corrected chi connectivity index (χ2v) is 4.94. The third-order valence-corrected chi connectivity index (χ3v) is 3.49. The summed E-state index contributed by atoms with van der Waals surface area (Å²) in [6.07, 6.45) is 3.21. The van der Waals surface area contributed by atoms with Crippen LogP contribution in [0, 0.1) is 11.6 Å². The van der Waals surface area contributed by atoms with Crippen LogP contribution in [0.3, 0.4) is 0 Å². The van der Waals surface area contributed by atoms with Crippen LogP contribution >= 0.6 is 0 Å². The molecule has 106 valence electrons. The van der Waals surface area contributed by atoms with Crippen molar-refractivity contribution in [2.24, 2.45) is 5.84 Å². The number of anilines is 2. The smallest absolute Gasteiger partial charge is 0.179 e. The summed E-state index contributed by atoms with van der Waals surface area (Å²) >= 11 is 0. The van der Waals surface area contributed by atoms with Gasteiger partial charge in [0.05, 0.1) is 0 Å². The lowest BCUT2D eigenvalue weighted by molar-refractivity contribution is 0.134. The Bertz CT molecular complexity index is 444. The zero-order chi connectivity index (χ0) is 14.0. The molecule has 1 aromatic heterocycles. The number of aromatic nitrogens is 1. The normalized spacial score (nSPS) is 24.3. The minimum absolute atomic E-state index is 0.0186. The Labute approximate surface area is 111 Å². The zero-order valence-corrected chi connectivity index (χ0v) is 11.1. The fourth-order valence-corrected chi connectivity index (χ4v) is 2.41. The van der Waals surface area contributed by atoms with Gasteiger partial charge in [-0.3, -0.25) is 0 Å². The molecule has 0 aromatic carbocycles. The van der Waals surface area contributed by atoms with Crippen molar-refractivity contribution in [3.05, 3.63) is 17.7 Å². The minimum atomic E-state index is -0.815. The second kappa shape index (κ2) is 5.66. The van der Waals surface area contributed by atoms with Crippen molar-refractivity contribution < 1.29 is 8.78 Å². The number of nitrogens with one attached hydrogen (secondary N) is 2. The first-order valence-corrected chi connectivity index (χ1v) is 6.40.